The maximum Gasteiger partial charge on any atom is 0.164 e. The fourth-order valence-corrected chi connectivity index (χ4v) is 3.89. The van der Waals surface area contributed by atoms with Crippen LogP contribution >= 0.6 is 11.6 Å². The average molecular weight is 340 g/mol. The minimum absolute atomic E-state index is 0.220. The summed E-state index contributed by atoms with van der Waals surface area (Å²) >= 11 is 6.11. The summed E-state index contributed by atoms with van der Waals surface area (Å²) in [6.45, 7) is 3.21. The van der Waals surface area contributed by atoms with Crippen molar-refractivity contribution in [1.29, 1.82) is 0 Å². The first-order chi connectivity index (χ1) is 10.8. The summed E-state index contributed by atoms with van der Waals surface area (Å²) < 4.78 is 13.7. The molecular formula is C15H18ClN3O4. The lowest BCUT2D eigenvalue weighted by atomic mass is 10.0. The van der Waals surface area contributed by atoms with E-state index in [2.05, 4.69) is 9.97 Å². The van der Waals surface area contributed by atoms with Crippen molar-refractivity contribution in [2.45, 2.75) is 49.9 Å². The van der Waals surface area contributed by atoms with Gasteiger partial charge in [0.05, 0.1) is 18.0 Å². The highest BCUT2D eigenvalue weighted by Crippen LogP contribution is 2.49. The second-order valence-electron chi connectivity index (χ2n) is 6.68. The van der Waals surface area contributed by atoms with Crippen LogP contribution in [0.1, 0.15) is 26.3 Å². The first kappa shape index (κ1) is 15.3. The largest absolute Gasteiger partial charge is 0.393 e. The van der Waals surface area contributed by atoms with Crippen LogP contribution in [0, 0.1) is 0 Å². The van der Waals surface area contributed by atoms with Crippen LogP contribution in [0.2, 0.25) is 5.15 Å². The number of aliphatic hydroxyl groups excluding tert-OH is 1. The summed E-state index contributed by atoms with van der Waals surface area (Å²) in [7, 11) is 0. The highest BCUT2D eigenvalue weighted by molar-refractivity contribution is 6.33. The molecule has 1 saturated heterocycles. The molecule has 8 heteroatoms. The lowest BCUT2D eigenvalue weighted by Crippen LogP contribution is -2.45. The molecule has 0 aromatic carbocycles. The maximum absolute atomic E-state index is 10.8. The van der Waals surface area contributed by atoms with E-state index in [9.17, 15) is 10.2 Å². The number of rotatable bonds is 2. The van der Waals surface area contributed by atoms with E-state index >= 15 is 0 Å². The first-order valence-corrected chi connectivity index (χ1v) is 7.88. The maximum atomic E-state index is 10.8. The summed E-state index contributed by atoms with van der Waals surface area (Å²) in [5, 5.41) is 21.6. The highest BCUT2D eigenvalue weighted by atomic mass is 35.5. The van der Waals surface area contributed by atoms with E-state index in [-0.39, 0.29) is 18.8 Å². The van der Waals surface area contributed by atoms with Crippen molar-refractivity contribution < 1.29 is 19.7 Å². The Bertz CT molecular complexity index is 764. The molecule has 1 aliphatic carbocycles. The number of aromatic nitrogens is 3. The summed E-state index contributed by atoms with van der Waals surface area (Å²) in [6, 6.07) is 1.62. The van der Waals surface area contributed by atoms with Crippen molar-refractivity contribution in [3.8, 4) is 0 Å². The third-order valence-corrected chi connectivity index (χ3v) is 4.99. The zero-order valence-electron chi connectivity index (χ0n) is 12.8. The molecular weight excluding hydrogens is 322 g/mol. The van der Waals surface area contributed by atoms with E-state index in [4.69, 9.17) is 21.1 Å². The summed E-state index contributed by atoms with van der Waals surface area (Å²) in [6.07, 6.45) is 2.58. The van der Waals surface area contributed by atoms with Crippen molar-refractivity contribution in [3.05, 3.63) is 23.7 Å². The van der Waals surface area contributed by atoms with E-state index in [0.29, 0.717) is 17.2 Å². The quantitative estimate of drug-likeness (QED) is 0.801. The summed E-state index contributed by atoms with van der Waals surface area (Å²) in [4.78, 5) is 8.27. The molecule has 4 rings (SSSR count). The van der Waals surface area contributed by atoms with E-state index in [1.807, 2.05) is 16.8 Å². The second kappa shape index (κ2) is 4.87. The van der Waals surface area contributed by atoms with Crippen LogP contribution in [0.4, 0.5) is 0 Å². The van der Waals surface area contributed by atoms with Gasteiger partial charge < -0.3 is 24.3 Å². The van der Waals surface area contributed by atoms with Gasteiger partial charge in [-0.05, 0) is 19.9 Å². The Morgan fingerprint density at radius 1 is 1.39 bits per heavy atom. The average Bonchev–Trinajstić information content (AvgIpc) is 3.12. The fourth-order valence-electron chi connectivity index (χ4n) is 3.70. The lowest BCUT2D eigenvalue weighted by molar-refractivity contribution is -0.187. The van der Waals surface area contributed by atoms with Gasteiger partial charge >= 0.3 is 0 Å². The Labute approximate surface area is 137 Å². The molecule has 1 aliphatic heterocycles. The van der Waals surface area contributed by atoms with Gasteiger partial charge in [-0.3, -0.25) is 0 Å². The molecule has 0 radical (unpaired) electrons. The van der Waals surface area contributed by atoms with Crippen molar-refractivity contribution >= 4 is 22.6 Å². The number of fused-ring (bicyclic) bond motifs is 2. The third kappa shape index (κ3) is 2.19. The molecule has 2 fully saturated rings. The Kier molecular flexibility index (Phi) is 3.24. The topological polar surface area (TPSA) is 89.6 Å². The molecule has 0 bridgehead atoms. The van der Waals surface area contributed by atoms with E-state index < -0.39 is 17.5 Å². The Morgan fingerprint density at radius 3 is 2.91 bits per heavy atom. The fraction of sp³-hybridized carbons (Fsp3) is 0.600. The van der Waals surface area contributed by atoms with Gasteiger partial charge in [0.1, 0.15) is 34.9 Å². The molecule has 0 spiro atoms. The number of ether oxygens (including phenoxy) is 2. The highest BCUT2D eigenvalue weighted by Gasteiger charge is 2.61. The molecule has 23 heavy (non-hydrogen) atoms. The van der Waals surface area contributed by atoms with E-state index in [1.54, 1.807) is 13.8 Å². The van der Waals surface area contributed by atoms with Gasteiger partial charge in [-0.1, -0.05) is 11.6 Å². The molecule has 2 aliphatic rings. The molecule has 124 valence electrons. The van der Waals surface area contributed by atoms with Crippen LogP contribution in [0.25, 0.3) is 11.0 Å². The van der Waals surface area contributed by atoms with E-state index in [0.717, 1.165) is 5.39 Å². The molecule has 0 amide bonds. The van der Waals surface area contributed by atoms with Crippen LogP contribution in [-0.2, 0) is 9.47 Å². The number of hydrogen-bond acceptors (Lipinski definition) is 6. The molecule has 2 N–H and O–H groups in total. The van der Waals surface area contributed by atoms with Crippen LogP contribution in [0.15, 0.2) is 18.6 Å². The van der Waals surface area contributed by atoms with Gasteiger partial charge in [0.2, 0.25) is 0 Å². The van der Waals surface area contributed by atoms with Gasteiger partial charge in [0, 0.05) is 12.6 Å². The monoisotopic (exact) mass is 339 g/mol. The molecule has 2 aromatic rings. The van der Waals surface area contributed by atoms with Crippen molar-refractivity contribution in [2.24, 2.45) is 0 Å². The van der Waals surface area contributed by atoms with E-state index in [1.165, 1.54) is 6.33 Å². The Hall–Kier alpha value is -1.25. The van der Waals surface area contributed by atoms with Gasteiger partial charge in [-0.15, -0.1) is 0 Å². The Morgan fingerprint density at radius 2 is 2.17 bits per heavy atom. The van der Waals surface area contributed by atoms with Gasteiger partial charge in [-0.2, -0.15) is 0 Å². The van der Waals surface area contributed by atoms with Crippen LogP contribution < -0.4 is 0 Å². The molecule has 3 heterocycles. The summed E-state index contributed by atoms with van der Waals surface area (Å²) in [5.41, 5.74) is -0.680. The van der Waals surface area contributed by atoms with Crippen molar-refractivity contribution in [2.75, 3.05) is 6.61 Å². The smallest absolute Gasteiger partial charge is 0.164 e. The van der Waals surface area contributed by atoms with Crippen LogP contribution in [-0.4, -0.2) is 55.0 Å². The minimum Gasteiger partial charge on any atom is -0.393 e. The second-order valence-corrected chi connectivity index (χ2v) is 7.04. The minimum atomic E-state index is -1.35. The van der Waals surface area contributed by atoms with Crippen molar-refractivity contribution in [3.63, 3.8) is 0 Å². The third-order valence-electron chi connectivity index (χ3n) is 4.69. The first-order valence-electron chi connectivity index (χ1n) is 7.50. The van der Waals surface area contributed by atoms with Crippen LogP contribution in [0.3, 0.4) is 0 Å². The molecule has 1 saturated carbocycles. The van der Waals surface area contributed by atoms with Gasteiger partial charge in [-0.25, -0.2) is 9.97 Å². The normalized spacial score (nSPS) is 35.8. The summed E-state index contributed by atoms with van der Waals surface area (Å²) in [5.74, 6) is -0.813. The number of hydrogen-bond donors (Lipinski definition) is 2. The van der Waals surface area contributed by atoms with Gasteiger partial charge in [0.15, 0.2) is 5.79 Å². The number of aliphatic hydroxyl groups is 2. The molecule has 4 atom stereocenters. The molecule has 7 nitrogen and oxygen atoms in total. The zero-order valence-corrected chi connectivity index (χ0v) is 13.6. The van der Waals surface area contributed by atoms with Gasteiger partial charge in [0.25, 0.3) is 0 Å². The number of nitrogens with zero attached hydrogens (tertiary/aromatic N) is 3. The van der Waals surface area contributed by atoms with Crippen molar-refractivity contribution in [1.82, 2.24) is 14.5 Å². The standard InChI is InChI=1S/C15H18ClN3O4/c1-14(2)22-10-9(5-15(21,6-20)11(10)23-14)19-4-3-8-12(16)17-7-18-13(8)19/h3-4,7,9-11,20-21H,5-6H2,1-2H3/t9-,10+,11+,15-/m1/s1. The predicted molar refractivity (Wildman–Crippen MR) is 82.1 cm³/mol. The SMILES string of the molecule is CC1(C)O[C@H]2[C@H](n3ccc4c(Cl)ncnc43)C[C@@](O)(CO)[C@H]2O1. The van der Waals surface area contributed by atoms with Crippen LogP contribution in [0.5, 0.6) is 0 Å². The zero-order chi connectivity index (χ0) is 16.4. The number of halogens is 1. The predicted octanol–water partition coefficient (Wildman–Crippen LogP) is 1.27. The molecule has 2 aromatic heterocycles. The lowest BCUT2D eigenvalue weighted by Gasteiger charge is -2.28. The Balaban J connectivity index is 1.80. The molecule has 0 unspecified atom stereocenters.